The number of rotatable bonds is 11. The van der Waals surface area contributed by atoms with E-state index < -0.39 is 0 Å². The Balaban J connectivity index is 1.63. The van der Waals surface area contributed by atoms with Gasteiger partial charge in [0.1, 0.15) is 16.2 Å². The van der Waals surface area contributed by atoms with Gasteiger partial charge in [0, 0.05) is 29.0 Å². The molecule has 138 valence electrons. The molecule has 0 aliphatic carbocycles. The smallest absolute Gasteiger partial charge is 0.220 e. The standard InChI is InChI=1S/C18H28N4OS2/c1-4-22(5-2)10-7-6-9-19-16(23)8-11-24-17-15-12-14(3)25-18(15)21-13-20-17/h12-13H,4-11H2,1-3H3,(H,19,23). The fourth-order valence-electron chi connectivity index (χ4n) is 2.63. The summed E-state index contributed by atoms with van der Waals surface area (Å²) in [4.78, 5) is 25.3. The molecule has 2 aromatic rings. The summed E-state index contributed by atoms with van der Waals surface area (Å²) in [7, 11) is 0. The van der Waals surface area contributed by atoms with Gasteiger partial charge >= 0.3 is 0 Å². The van der Waals surface area contributed by atoms with Gasteiger partial charge in [0.25, 0.3) is 0 Å². The number of aromatic nitrogens is 2. The molecule has 0 fully saturated rings. The minimum Gasteiger partial charge on any atom is -0.356 e. The summed E-state index contributed by atoms with van der Waals surface area (Å²) < 4.78 is 0. The van der Waals surface area contributed by atoms with Gasteiger partial charge in [-0.3, -0.25) is 4.79 Å². The Bertz CT molecular complexity index is 670. The number of hydrogen-bond donors (Lipinski definition) is 1. The van der Waals surface area contributed by atoms with Crippen LogP contribution in [0.4, 0.5) is 0 Å². The first-order valence-corrected chi connectivity index (χ1v) is 10.8. The zero-order valence-electron chi connectivity index (χ0n) is 15.4. The van der Waals surface area contributed by atoms with Gasteiger partial charge in [-0.25, -0.2) is 9.97 Å². The summed E-state index contributed by atoms with van der Waals surface area (Å²) in [6, 6.07) is 2.12. The maximum Gasteiger partial charge on any atom is 0.220 e. The van der Waals surface area contributed by atoms with Crippen LogP contribution >= 0.6 is 23.1 Å². The molecule has 0 radical (unpaired) electrons. The van der Waals surface area contributed by atoms with Crippen LogP contribution in [0.3, 0.4) is 0 Å². The number of hydrogen-bond acceptors (Lipinski definition) is 6. The predicted octanol–water partition coefficient (Wildman–Crippen LogP) is 3.72. The van der Waals surface area contributed by atoms with Crippen LogP contribution in [0.15, 0.2) is 17.4 Å². The number of unbranched alkanes of at least 4 members (excludes halogenated alkanes) is 1. The first kappa shape index (κ1) is 20.1. The molecule has 0 spiro atoms. The molecule has 7 heteroatoms. The van der Waals surface area contributed by atoms with Crippen LogP contribution in [0.25, 0.3) is 10.2 Å². The molecular weight excluding hydrogens is 352 g/mol. The highest BCUT2D eigenvalue weighted by Crippen LogP contribution is 2.30. The Hall–Kier alpha value is -1.18. The van der Waals surface area contributed by atoms with E-state index in [0.29, 0.717) is 6.42 Å². The average molecular weight is 381 g/mol. The van der Waals surface area contributed by atoms with Crippen LogP contribution in [-0.4, -0.2) is 52.7 Å². The first-order valence-electron chi connectivity index (χ1n) is 8.97. The topological polar surface area (TPSA) is 58.1 Å². The zero-order chi connectivity index (χ0) is 18.1. The lowest BCUT2D eigenvalue weighted by molar-refractivity contribution is -0.120. The third-order valence-electron chi connectivity index (χ3n) is 4.10. The average Bonchev–Trinajstić information content (AvgIpc) is 2.99. The van der Waals surface area contributed by atoms with Crippen molar-refractivity contribution in [2.24, 2.45) is 0 Å². The fourth-order valence-corrected chi connectivity index (χ4v) is 4.45. The van der Waals surface area contributed by atoms with E-state index in [0.717, 1.165) is 60.0 Å². The summed E-state index contributed by atoms with van der Waals surface area (Å²) in [6.07, 6.45) is 4.30. The van der Waals surface area contributed by atoms with Crippen molar-refractivity contribution in [2.45, 2.75) is 45.1 Å². The molecule has 25 heavy (non-hydrogen) atoms. The van der Waals surface area contributed by atoms with E-state index in [4.69, 9.17) is 0 Å². The lowest BCUT2D eigenvalue weighted by Crippen LogP contribution is -2.27. The summed E-state index contributed by atoms with van der Waals surface area (Å²) >= 11 is 3.31. The van der Waals surface area contributed by atoms with E-state index in [9.17, 15) is 4.79 Å². The second kappa shape index (κ2) is 10.7. The Morgan fingerprint density at radius 2 is 2.08 bits per heavy atom. The largest absolute Gasteiger partial charge is 0.356 e. The Labute approximate surface area is 158 Å². The maximum atomic E-state index is 11.9. The van der Waals surface area contributed by atoms with E-state index in [-0.39, 0.29) is 5.91 Å². The molecule has 0 aliphatic rings. The van der Waals surface area contributed by atoms with Gasteiger partial charge in [-0.2, -0.15) is 0 Å². The maximum absolute atomic E-state index is 11.9. The highest BCUT2D eigenvalue weighted by molar-refractivity contribution is 7.99. The summed E-state index contributed by atoms with van der Waals surface area (Å²) in [5.74, 6) is 0.869. The predicted molar refractivity (Wildman–Crippen MR) is 108 cm³/mol. The normalized spacial score (nSPS) is 11.4. The van der Waals surface area contributed by atoms with Gasteiger partial charge in [0.15, 0.2) is 0 Å². The third-order valence-corrected chi connectivity index (χ3v) is 6.07. The molecule has 5 nitrogen and oxygen atoms in total. The Morgan fingerprint density at radius 1 is 1.28 bits per heavy atom. The van der Waals surface area contributed by atoms with Gasteiger partial charge < -0.3 is 10.2 Å². The molecule has 2 heterocycles. The minimum atomic E-state index is 0.127. The van der Waals surface area contributed by atoms with Gasteiger partial charge in [0.2, 0.25) is 5.91 Å². The molecule has 0 aliphatic heterocycles. The monoisotopic (exact) mass is 380 g/mol. The zero-order valence-corrected chi connectivity index (χ0v) is 17.0. The van der Waals surface area contributed by atoms with Crippen molar-refractivity contribution in [2.75, 3.05) is 31.9 Å². The van der Waals surface area contributed by atoms with Crippen molar-refractivity contribution in [3.05, 3.63) is 17.3 Å². The molecule has 0 bridgehead atoms. The molecule has 1 amide bonds. The van der Waals surface area contributed by atoms with Crippen LogP contribution in [-0.2, 0) is 4.79 Å². The van der Waals surface area contributed by atoms with Gasteiger partial charge in [-0.1, -0.05) is 13.8 Å². The molecule has 0 aromatic carbocycles. The van der Waals surface area contributed by atoms with Gasteiger partial charge in [0.05, 0.1) is 0 Å². The second-order valence-electron chi connectivity index (χ2n) is 5.94. The number of carbonyl (C=O) groups is 1. The quantitative estimate of drug-likeness (QED) is 0.366. The lowest BCUT2D eigenvalue weighted by Gasteiger charge is -2.17. The highest BCUT2D eigenvalue weighted by Gasteiger charge is 2.08. The number of carbonyl (C=O) groups excluding carboxylic acids is 1. The molecule has 2 aromatic heterocycles. The van der Waals surface area contributed by atoms with Gasteiger partial charge in [-0.15, -0.1) is 23.1 Å². The van der Waals surface area contributed by atoms with Crippen LogP contribution in [0.1, 0.15) is 38.0 Å². The van der Waals surface area contributed by atoms with Crippen molar-refractivity contribution >= 4 is 39.2 Å². The highest BCUT2D eigenvalue weighted by atomic mass is 32.2. The lowest BCUT2D eigenvalue weighted by atomic mass is 10.3. The molecule has 0 atom stereocenters. The van der Waals surface area contributed by atoms with Crippen LogP contribution < -0.4 is 5.32 Å². The fraction of sp³-hybridized carbons (Fsp3) is 0.611. The molecule has 1 N–H and O–H groups in total. The van der Waals surface area contributed by atoms with E-state index >= 15 is 0 Å². The van der Waals surface area contributed by atoms with Crippen molar-refractivity contribution in [3.8, 4) is 0 Å². The van der Waals surface area contributed by atoms with Crippen LogP contribution in [0, 0.1) is 6.92 Å². The Morgan fingerprint density at radius 3 is 2.84 bits per heavy atom. The van der Waals surface area contributed by atoms with Gasteiger partial charge in [-0.05, 0) is 45.5 Å². The second-order valence-corrected chi connectivity index (χ2v) is 8.26. The number of thiophene rings is 1. The number of fused-ring (bicyclic) bond motifs is 1. The van der Waals surface area contributed by atoms with Crippen LogP contribution in [0.2, 0.25) is 0 Å². The summed E-state index contributed by atoms with van der Waals surface area (Å²) in [5, 5.41) is 5.10. The third kappa shape index (κ3) is 6.56. The molecule has 2 rings (SSSR count). The van der Waals surface area contributed by atoms with Crippen molar-refractivity contribution in [1.82, 2.24) is 20.2 Å². The number of aryl methyl sites for hydroxylation is 1. The van der Waals surface area contributed by atoms with E-state index in [1.165, 1.54) is 4.88 Å². The molecular formula is C18H28N4OS2. The van der Waals surface area contributed by atoms with E-state index in [1.807, 2.05) is 0 Å². The molecule has 0 saturated carbocycles. The van der Waals surface area contributed by atoms with E-state index in [2.05, 4.69) is 47.0 Å². The minimum absolute atomic E-state index is 0.127. The molecule has 0 saturated heterocycles. The number of nitrogens with one attached hydrogen (secondary N) is 1. The van der Waals surface area contributed by atoms with Crippen molar-refractivity contribution in [3.63, 3.8) is 0 Å². The van der Waals surface area contributed by atoms with Crippen LogP contribution in [0.5, 0.6) is 0 Å². The summed E-state index contributed by atoms with van der Waals surface area (Å²) in [6.45, 7) is 10.5. The van der Waals surface area contributed by atoms with E-state index in [1.54, 1.807) is 29.4 Å². The number of nitrogens with zero attached hydrogens (tertiary/aromatic N) is 3. The van der Waals surface area contributed by atoms with Crippen molar-refractivity contribution in [1.29, 1.82) is 0 Å². The Kier molecular flexibility index (Phi) is 8.64. The molecule has 0 unspecified atom stereocenters. The number of thioether (sulfide) groups is 1. The first-order chi connectivity index (χ1) is 12.1. The summed E-state index contributed by atoms with van der Waals surface area (Å²) in [5.41, 5.74) is 0. The number of amides is 1. The SMILES string of the molecule is CCN(CC)CCCCNC(=O)CCSc1ncnc2sc(C)cc12. The van der Waals surface area contributed by atoms with Crippen molar-refractivity contribution < 1.29 is 4.79 Å².